The van der Waals surface area contributed by atoms with Crippen LogP contribution in [-0.2, 0) is 68.8 Å². The number of carbonyl (C=O) groups excluding carboxylic acids is 1. The molecule has 0 bridgehead atoms. The second-order valence-electron chi connectivity index (χ2n) is 20.3. The SMILES string of the molecule is CCCCCCCCCCCCCCCC(=O)O[C@@H](CO[C@@H]1O[C@H](COCc2ccccc2)[C@@H](OCc2ccccc2)[C@H](OCc2ccccc2)[C@H]1OCc1ccccc1)CO[Si](C)(C)C(C)(C)C. The Balaban J connectivity index is 1.33. The van der Waals surface area contributed by atoms with Gasteiger partial charge in [-0.3, -0.25) is 4.79 Å². The third-order valence-corrected chi connectivity index (χ3v) is 18.0. The van der Waals surface area contributed by atoms with Crippen molar-refractivity contribution in [1.29, 1.82) is 0 Å². The highest BCUT2D eigenvalue weighted by Crippen LogP contribution is 2.37. The van der Waals surface area contributed by atoms with Crippen molar-refractivity contribution in [3.63, 3.8) is 0 Å². The van der Waals surface area contributed by atoms with Gasteiger partial charge < -0.3 is 37.6 Å². The molecule has 10 heteroatoms. The molecule has 0 saturated carbocycles. The molecule has 6 atom stereocenters. The van der Waals surface area contributed by atoms with Crippen LogP contribution in [0.1, 0.15) is 140 Å². The summed E-state index contributed by atoms with van der Waals surface area (Å²) >= 11 is 0. The fraction of sp³-hybridized carbons (Fsp3) is 0.576. The Hall–Kier alpha value is -3.71. The topological polar surface area (TPSA) is 90.9 Å². The van der Waals surface area contributed by atoms with Gasteiger partial charge in [-0.05, 0) is 46.8 Å². The van der Waals surface area contributed by atoms with Gasteiger partial charge in [0.2, 0.25) is 0 Å². The first-order valence-electron chi connectivity index (χ1n) is 26.2. The van der Waals surface area contributed by atoms with Crippen LogP contribution in [0.25, 0.3) is 0 Å². The van der Waals surface area contributed by atoms with Crippen molar-refractivity contribution in [2.45, 2.75) is 199 Å². The van der Waals surface area contributed by atoms with Gasteiger partial charge in [0.15, 0.2) is 14.6 Å². The number of rotatable bonds is 34. The minimum Gasteiger partial charge on any atom is -0.457 e. The zero-order valence-electron chi connectivity index (χ0n) is 43.0. The van der Waals surface area contributed by atoms with E-state index in [0.29, 0.717) is 26.2 Å². The summed E-state index contributed by atoms with van der Waals surface area (Å²) in [4.78, 5) is 13.6. The summed E-state index contributed by atoms with van der Waals surface area (Å²) in [7, 11) is -2.22. The zero-order chi connectivity index (χ0) is 49.0. The van der Waals surface area contributed by atoms with Crippen LogP contribution >= 0.6 is 0 Å². The summed E-state index contributed by atoms with van der Waals surface area (Å²) in [5.74, 6) is -0.238. The molecule has 69 heavy (non-hydrogen) atoms. The van der Waals surface area contributed by atoms with Crippen LogP contribution in [0.4, 0.5) is 0 Å². The Morgan fingerprint density at radius 1 is 0.536 bits per heavy atom. The molecule has 5 rings (SSSR count). The summed E-state index contributed by atoms with van der Waals surface area (Å²) in [6, 6.07) is 40.4. The van der Waals surface area contributed by atoms with E-state index in [9.17, 15) is 4.79 Å². The molecule has 1 saturated heterocycles. The van der Waals surface area contributed by atoms with Crippen LogP contribution in [-0.4, -0.2) is 70.9 Å². The summed E-state index contributed by atoms with van der Waals surface area (Å²) in [6.45, 7) is 15.1. The van der Waals surface area contributed by atoms with Crippen LogP contribution in [0.5, 0.6) is 0 Å². The Kier molecular flexibility index (Phi) is 25.7. The Morgan fingerprint density at radius 2 is 0.957 bits per heavy atom. The molecule has 1 heterocycles. The van der Waals surface area contributed by atoms with Crippen molar-refractivity contribution >= 4 is 14.3 Å². The van der Waals surface area contributed by atoms with Gasteiger partial charge in [0.05, 0.1) is 46.2 Å². The Labute approximate surface area is 417 Å². The molecular weight excluding hydrogens is 881 g/mol. The smallest absolute Gasteiger partial charge is 0.306 e. The Morgan fingerprint density at radius 3 is 1.42 bits per heavy atom. The molecular formula is C59H86O9Si. The van der Waals surface area contributed by atoms with Crippen LogP contribution < -0.4 is 0 Å². The molecule has 0 spiro atoms. The molecule has 1 fully saturated rings. The van der Waals surface area contributed by atoms with E-state index in [1.165, 1.54) is 64.2 Å². The molecule has 0 unspecified atom stereocenters. The number of ether oxygens (including phenoxy) is 7. The average Bonchev–Trinajstić information content (AvgIpc) is 3.35. The maximum Gasteiger partial charge on any atom is 0.306 e. The first-order chi connectivity index (χ1) is 33.5. The lowest BCUT2D eigenvalue weighted by molar-refractivity contribution is -0.331. The molecule has 0 aromatic heterocycles. The van der Waals surface area contributed by atoms with E-state index in [1.54, 1.807) is 0 Å². The molecule has 0 amide bonds. The predicted octanol–water partition coefficient (Wildman–Crippen LogP) is 14.1. The van der Waals surface area contributed by atoms with Gasteiger partial charge in [-0.1, -0.05) is 226 Å². The van der Waals surface area contributed by atoms with E-state index in [1.807, 2.05) is 121 Å². The first kappa shape index (κ1) is 56.2. The van der Waals surface area contributed by atoms with Gasteiger partial charge in [0.1, 0.15) is 30.5 Å². The molecule has 1 aliphatic heterocycles. The highest BCUT2D eigenvalue weighted by molar-refractivity contribution is 6.74. The number of hydrogen-bond acceptors (Lipinski definition) is 9. The number of carbonyl (C=O) groups is 1. The lowest BCUT2D eigenvalue weighted by Crippen LogP contribution is -2.62. The molecule has 1 aliphatic rings. The van der Waals surface area contributed by atoms with Crippen molar-refractivity contribution in [2.24, 2.45) is 0 Å². The number of hydrogen-bond donors (Lipinski definition) is 0. The lowest BCUT2D eigenvalue weighted by atomic mass is 9.97. The molecule has 380 valence electrons. The van der Waals surface area contributed by atoms with Crippen molar-refractivity contribution < 1.29 is 42.4 Å². The van der Waals surface area contributed by atoms with Crippen LogP contribution in [0.2, 0.25) is 18.1 Å². The molecule has 0 radical (unpaired) electrons. The van der Waals surface area contributed by atoms with E-state index in [-0.39, 0.29) is 37.4 Å². The fourth-order valence-electron chi connectivity index (χ4n) is 8.25. The number of unbranched alkanes of at least 4 members (excludes halogenated alkanes) is 12. The van der Waals surface area contributed by atoms with E-state index >= 15 is 0 Å². The van der Waals surface area contributed by atoms with Gasteiger partial charge in [-0.25, -0.2) is 0 Å². The van der Waals surface area contributed by atoms with Crippen LogP contribution in [0.15, 0.2) is 121 Å². The van der Waals surface area contributed by atoms with Gasteiger partial charge in [0.25, 0.3) is 0 Å². The lowest BCUT2D eigenvalue weighted by Gasteiger charge is -2.46. The molecule has 0 N–H and O–H groups in total. The highest BCUT2D eigenvalue weighted by atomic mass is 28.4. The summed E-state index contributed by atoms with van der Waals surface area (Å²) in [5.41, 5.74) is 4.08. The standard InChI is InChI=1S/C59H86O9Si/c1-7-8-9-10-11-12-13-14-15-16-17-18-31-40-54(60)67-52(46-66-69(5,6)59(2,3)4)45-65-58-57(64-44-51-38-29-22-30-39-51)56(63-43-50-36-27-21-28-37-50)55(62-42-49-34-25-20-26-35-49)53(68-58)47-61-41-48-32-23-19-24-33-48/h19-30,32-39,52-53,55-58H,7-18,31,40-47H2,1-6H3/t52-,53+,55+,56-,57+,58+/m0/s1. The predicted molar refractivity (Wildman–Crippen MR) is 279 cm³/mol. The average molecular weight is 967 g/mol. The molecule has 4 aromatic rings. The van der Waals surface area contributed by atoms with Crippen molar-refractivity contribution in [3.05, 3.63) is 144 Å². The van der Waals surface area contributed by atoms with E-state index in [0.717, 1.165) is 41.5 Å². The van der Waals surface area contributed by atoms with Gasteiger partial charge >= 0.3 is 5.97 Å². The van der Waals surface area contributed by atoms with E-state index in [2.05, 4.69) is 40.8 Å². The number of esters is 1. The van der Waals surface area contributed by atoms with E-state index in [4.69, 9.17) is 37.6 Å². The van der Waals surface area contributed by atoms with Crippen molar-refractivity contribution in [2.75, 3.05) is 19.8 Å². The maximum absolute atomic E-state index is 13.6. The molecule has 9 nitrogen and oxygen atoms in total. The zero-order valence-corrected chi connectivity index (χ0v) is 44.0. The van der Waals surface area contributed by atoms with Crippen molar-refractivity contribution in [3.8, 4) is 0 Å². The van der Waals surface area contributed by atoms with Gasteiger partial charge in [-0.2, -0.15) is 0 Å². The third-order valence-electron chi connectivity index (χ3n) is 13.5. The van der Waals surface area contributed by atoms with Crippen LogP contribution in [0.3, 0.4) is 0 Å². The Bertz CT molecular complexity index is 1910. The van der Waals surface area contributed by atoms with Gasteiger partial charge in [0, 0.05) is 6.42 Å². The first-order valence-corrected chi connectivity index (χ1v) is 29.1. The molecule has 0 aliphatic carbocycles. The minimum atomic E-state index is -2.22. The van der Waals surface area contributed by atoms with Crippen molar-refractivity contribution in [1.82, 2.24) is 0 Å². The summed E-state index contributed by atoms with van der Waals surface area (Å²) in [5, 5.41) is -0.0368. The monoisotopic (exact) mass is 967 g/mol. The van der Waals surface area contributed by atoms with Crippen LogP contribution in [0, 0.1) is 0 Å². The second-order valence-corrected chi connectivity index (χ2v) is 25.1. The quantitative estimate of drug-likeness (QED) is 0.0258. The van der Waals surface area contributed by atoms with E-state index < -0.39 is 45.1 Å². The summed E-state index contributed by atoms with van der Waals surface area (Å²) < 4.78 is 53.8. The summed E-state index contributed by atoms with van der Waals surface area (Å²) in [6.07, 6.45) is 12.3. The maximum atomic E-state index is 13.6. The molecule has 4 aromatic carbocycles. The highest BCUT2D eigenvalue weighted by Gasteiger charge is 2.49. The number of benzene rings is 4. The minimum absolute atomic E-state index is 0.0351. The van der Waals surface area contributed by atoms with Gasteiger partial charge in [-0.15, -0.1) is 0 Å². The fourth-order valence-corrected chi connectivity index (χ4v) is 9.28. The largest absolute Gasteiger partial charge is 0.457 e. The normalized spacial score (nSPS) is 19.1. The third kappa shape index (κ3) is 21.3. The second kappa shape index (κ2) is 31.6.